The van der Waals surface area contributed by atoms with Crippen LogP contribution >= 0.6 is 0 Å². The Morgan fingerprint density at radius 2 is 1.45 bits per heavy atom. The van der Waals surface area contributed by atoms with Crippen molar-refractivity contribution < 1.29 is 0 Å². The molecular weight excluding hydrogens is 272 g/mol. The largest absolute Gasteiger partial charge is 0.304 e. The van der Waals surface area contributed by atoms with Crippen LogP contribution in [0.1, 0.15) is 0 Å². The lowest BCUT2D eigenvalue weighted by atomic mass is 10.1. The number of benzene rings is 2. The van der Waals surface area contributed by atoms with Crippen molar-refractivity contribution in [3.63, 3.8) is 0 Å². The highest BCUT2D eigenvalue weighted by Crippen LogP contribution is 2.28. The maximum absolute atomic E-state index is 4.44. The lowest BCUT2D eigenvalue weighted by Crippen LogP contribution is -1.98. The Labute approximate surface area is 126 Å². The fourth-order valence-corrected chi connectivity index (χ4v) is 3.13. The normalized spacial score (nSPS) is 11.6. The van der Waals surface area contributed by atoms with Crippen LogP contribution in [0.3, 0.4) is 0 Å². The van der Waals surface area contributed by atoms with Crippen LogP contribution < -0.4 is 0 Å². The molecule has 3 aromatic heterocycles. The Balaban J connectivity index is 2.05. The third-order valence-electron chi connectivity index (χ3n) is 4.08. The highest BCUT2D eigenvalue weighted by Gasteiger charge is 2.13. The Hall–Kier alpha value is -3.14. The molecule has 0 aliphatic rings. The van der Waals surface area contributed by atoms with Gasteiger partial charge in [-0.25, -0.2) is 9.50 Å². The molecular formula is C18H12N4. The van der Waals surface area contributed by atoms with E-state index >= 15 is 0 Å². The third kappa shape index (κ3) is 1.41. The summed E-state index contributed by atoms with van der Waals surface area (Å²) in [6, 6.07) is 23.0. The van der Waals surface area contributed by atoms with E-state index in [1.807, 2.05) is 16.6 Å². The molecule has 0 spiro atoms. The first-order valence-electron chi connectivity index (χ1n) is 7.21. The molecule has 0 aliphatic carbocycles. The first-order chi connectivity index (χ1) is 10.9. The Morgan fingerprint density at radius 1 is 0.682 bits per heavy atom. The Kier molecular flexibility index (Phi) is 2.19. The summed E-state index contributed by atoms with van der Waals surface area (Å²) in [4.78, 5) is 4.44. The van der Waals surface area contributed by atoms with Crippen molar-refractivity contribution in [2.75, 3.05) is 0 Å². The van der Waals surface area contributed by atoms with Crippen LogP contribution in [0, 0.1) is 0 Å². The van der Waals surface area contributed by atoms with E-state index in [0.29, 0.717) is 0 Å². The molecule has 0 aliphatic heterocycles. The van der Waals surface area contributed by atoms with Gasteiger partial charge < -0.3 is 4.40 Å². The van der Waals surface area contributed by atoms with Crippen LogP contribution in [0.5, 0.6) is 0 Å². The second kappa shape index (κ2) is 4.18. The molecule has 0 radical (unpaired) electrons. The van der Waals surface area contributed by atoms with Gasteiger partial charge in [0.1, 0.15) is 6.33 Å². The summed E-state index contributed by atoms with van der Waals surface area (Å²) < 4.78 is 4.16. The number of aromatic nitrogens is 4. The molecule has 3 heterocycles. The fourth-order valence-electron chi connectivity index (χ4n) is 3.13. The molecule has 0 saturated carbocycles. The molecule has 4 heteroatoms. The van der Waals surface area contributed by atoms with Crippen molar-refractivity contribution in [1.82, 2.24) is 19.0 Å². The molecule has 4 nitrogen and oxygen atoms in total. The van der Waals surface area contributed by atoms with Crippen LogP contribution in [-0.2, 0) is 0 Å². The van der Waals surface area contributed by atoms with Gasteiger partial charge in [0.15, 0.2) is 5.65 Å². The van der Waals surface area contributed by atoms with E-state index in [1.165, 1.54) is 5.56 Å². The summed E-state index contributed by atoms with van der Waals surface area (Å²) >= 11 is 0. The molecule has 0 fully saturated rings. The fraction of sp³-hybridized carbons (Fsp3) is 0. The van der Waals surface area contributed by atoms with Gasteiger partial charge in [0.2, 0.25) is 0 Å². The van der Waals surface area contributed by atoms with Gasteiger partial charge in [0, 0.05) is 0 Å². The molecule has 0 amide bonds. The number of hydrogen-bond donors (Lipinski definition) is 0. The summed E-state index contributed by atoms with van der Waals surface area (Å²) in [5.74, 6) is 0. The first-order valence-corrected chi connectivity index (χ1v) is 7.21. The van der Waals surface area contributed by atoms with Gasteiger partial charge in [-0.05, 0) is 29.8 Å². The average Bonchev–Trinajstić information content (AvgIpc) is 3.23. The maximum atomic E-state index is 4.44. The number of nitrogens with zero attached hydrogens (tertiary/aromatic N) is 4. The van der Waals surface area contributed by atoms with Crippen molar-refractivity contribution in [3.8, 4) is 11.3 Å². The topological polar surface area (TPSA) is 34.6 Å². The molecule has 0 saturated heterocycles. The van der Waals surface area contributed by atoms with E-state index in [-0.39, 0.29) is 0 Å². The van der Waals surface area contributed by atoms with Crippen molar-refractivity contribution in [2.45, 2.75) is 0 Å². The monoisotopic (exact) mass is 284 g/mol. The minimum atomic E-state index is 0.876. The SMILES string of the molecule is c1ccc(-c2ccc3c4ncnn4c4ccccc4n23)cc1. The van der Waals surface area contributed by atoms with E-state index in [4.69, 9.17) is 0 Å². The number of fused-ring (bicyclic) bond motifs is 6. The smallest absolute Gasteiger partial charge is 0.180 e. The molecule has 0 N–H and O–H groups in total. The summed E-state index contributed by atoms with van der Waals surface area (Å²) in [5.41, 5.74) is 6.47. The second-order valence-electron chi connectivity index (χ2n) is 5.29. The summed E-state index contributed by atoms with van der Waals surface area (Å²) in [7, 11) is 0. The van der Waals surface area contributed by atoms with Gasteiger partial charge in [-0.15, -0.1) is 0 Å². The standard InChI is InChI=1S/C18H12N4/c1-2-6-13(7-3-1)14-10-11-17-18-19-12-20-22(18)16-9-5-4-8-15(16)21(14)17/h1-12H. The third-order valence-corrected chi connectivity index (χ3v) is 4.08. The van der Waals surface area contributed by atoms with Gasteiger partial charge in [-0.1, -0.05) is 42.5 Å². The zero-order chi connectivity index (χ0) is 14.5. The average molecular weight is 284 g/mol. The summed E-state index contributed by atoms with van der Waals surface area (Å²) in [6.07, 6.45) is 1.61. The zero-order valence-electron chi connectivity index (χ0n) is 11.7. The van der Waals surface area contributed by atoms with E-state index < -0.39 is 0 Å². The van der Waals surface area contributed by atoms with Gasteiger partial charge >= 0.3 is 0 Å². The summed E-state index contributed by atoms with van der Waals surface area (Å²) in [6.45, 7) is 0. The van der Waals surface area contributed by atoms with E-state index in [0.717, 1.165) is 27.9 Å². The Bertz CT molecular complexity index is 1120. The van der Waals surface area contributed by atoms with Gasteiger partial charge in [-0.3, -0.25) is 0 Å². The minimum absolute atomic E-state index is 0.876. The summed E-state index contributed by atoms with van der Waals surface area (Å²) in [5, 5.41) is 4.37. The van der Waals surface area contributed by atoms with Crippen molar-refractivity contribution in [2.24, 2.45) is 0 Å². The van der Waals surface area contributed by atoms with Gasteiger partial charge in [0.05, 0.1) is 22.2 Å². The lowest BCUT2D eigenvalue weighted by Gasteiger charge is -2.09. The molecule has 22 heavy (non-hydrogen) atoms. The van der Waals surface area contributed by atoms with Gasteiger partial charge in [0.25, 0.3) is 0 Å². The predicted octanol–water partition coefficient (Wildman–Crippen LogP) is 3.80. The number of rotatable bonds is 1. The van der Waals surface area contributed by atoms with Crippen LogP contribution in [0.25, 0.3) is 33.5 Å². The van der Waals surface area contributed by atoms with Gasteiger partial charge in [-0.2, -0.15) is 5.10 Å². The van der Waals surface area contributed by atoms with Crippen LogP contribution in [0.2, 0.25) is 0 Å². The highest BCUT2D eigenvalue weighted by atomic mass is 15.3. The van der Waals surface area contributed by atoms with E-state index in [1.54, 1.807) is 6.33 Å². The first kappa shape index (κ1) is 11.5. The zero-order valence-corrected chi connectivity index (χ0v) is 11.7. The number of para-hydroxylation sites is 2. The quantitative estimate of drug-likeness (QED) is 0.469. The maximum Gasteiger partial charge on any atom is 0.180 e. The highest BCUT2D eigenvalue weighted by molar-refractivity contribution is 5.90. The molecule has 0 atom stereocenters. The van der Waals surface area contributed by atoms with E-state index in [2.05, 4.69) is 69.1 Å². The molecule has 0 bridgehead atoms. The minimum Gasteiger partial charge on any atom is -0.304 e. The van der Waals surface area contributed by atoms with Crippen LogP contribution in [0.15, 0.2) is 73.1 Å². The van der Waals surface area contributed by atoms with Crippen molar-refractivity contribution >= 4 is 22.2 Å². The van der Waals surface area contributed by atoms with E-state index in [9.17, 15) is 0 Å². The molecule has 104 valence electrons. The van der Waals surface area contributed by atoms with Crippen LogP contribution in [0.4, 0.5) is 0 Å². The second-order valence-corrected chi connectivity index (χ2v) is 5.29. The Morgan fingerprint density at radius 3 is 2.32 bits per heavy atom. The lowest BCUT2D eigenvalue weighted by molar-refractivity contribution is 0.996. The van der Waals surface area contributed by atoms with Crippen molar-refractivity contribution in [1.29, 1.82) is 0 Å². The molecule has 2 aromatic carbocycles. The molecule has 5 aromatic rings. The molecule has 5 rings (SSSR count). The number of hydrogen-bond acceptors (Lipinski definition) is 2. The van der Waals surface area contributed by atoms with Crippen LogP contribution in [-0.4, -0.2) is 19.0 Å². The predicted molar refractivity (Wildman–Crippen MR) is 86.9 cm³/mol. The molecule has 0 unspecified atom stereocenters. The van der Waals surface area contributed by atoms with Crippen molar-refractivity contribution in [3.05, 3.63) is 73.1 Å².